The zero-order valence-corrected chi connectivity index (χ0v) is 9.76. The average Bonchev–Trinajstić information content (AvgIpc) is 2.21. The highest BCUT2D eigenvalue weighted by molar-refractivity contribution is 5.81. The molecule has 14 heavy (non-hydrogen) atoms. The number of nitrogens with zero attached hydrogens (tertiary/aromatic N) is 1. The molecule has 0 radical (unpaired) electrons. The molecule has 1 atom stereocenters. The van der Waals surface area contributed by atoms with Gasteiger partial charge in [-0.3, -0.25) is 9.69 Å². The van der Waals surface area contributed by atoms with Crippen LogP contribution in [-0.2, 0) is 4.79 Å². The zero-order valence-electron chi connectivity index (χ0n) is 9.76. The second-order valence-electron chi connectivity index (χ2n) is 3.55. The van der Waals surface area contributed by atoms with Gasteiger partial charge in [0.25, 0.3) is 0 Å². The first-order chi connectivity index (χ1) is 6.63. The van der Waals surface area contributed by atoms with Crippen LogP contribution < -0.4 is 10.6 Å². The first-order valence-electron chi connectivity index (χ1n) is 5.26. The van der Waals surface area contributed by atoms with Gasteiger partial charge in [0.1, 0.15) is 0 Å². The highest BCUT2D eigenvalue weighted by atomic mass is 16.2. The van der Waals surface area contributed by atoms with Crippen LogP contribution >= 0.6 is 0 Å². The van der Waals surface area contributed by atoms with E-state index in [0.29, 0.717) is 0 Å². The van der Waals surface area contributed by atoms with Gasteiger partial charge in [-0.15, -0.1) is 0 Å². The van der Waals surface area contributed by atoms with Crippen LogP contribution in [0.3, 0.4) is 0 Å². The van der Waals surface area contributed by atoms with Crippen LogP contribution in [0.2, 0.25) is 0 Å². The van der Waals surface area contributed by atoms with Crippen LogP contribution in [0.25, 0.3) is 0 Å². The van der Waals surface area contributed by atoms with Crippen molar-refractivity contribution in [1.29, 1.82) is 0 Å². The van der Waals surface area contributed by atoms with Crippen molar-refractivity contribution in [3.63, 3.8) is 0 Å². The first kappa shape index (κ1) is 13.4. The van der Waals surface area contributed by atoms with Gasteiger partial charge in [0.2, 0.25) is 5.91 Å². The molecule has 1 amide bonds. The predicted molar refractivity (Wildman–Crippen MR) is 59.3 cm³/mol. The molecule has 0 aliphatic heterocycles. The summed E-state index contributed by atoms with van der Waals surface area (Å²) in [6.45, 7) is 6.54. The van der Waals surface area contributed by atoms with E-state index < -0.39 is 0 Å². The summed E-state index contributed by atoms with van der Waals surface area (Å²) in [5, 5.41) is 5.95. The molecular formula is C10H23N3O. The smallest absolute Gasteiger partial charge is 0.237 e. The molecule has 1 unspecified atom stereocenters. The van der Waals surface area contributed by atoms with E-state index >= 15 is 0 Å². The first-order valence-corrected chi connectivity index (χ1v) is 5.26. The minimum Gasteiger partial charge on any atom is -0.355 e. The standard InChI is InChI=1S/C10H23N3O/c1-5-6-12-10(14)9(2)13(4)8-7-11-3/h9,11H,5-8H2,1-4H3,(H,12,14). The fourth-order valence-electron chi connectivity index (χ4n) is 1.08. The van der Waals surface area contributed by atoms with Crippen molar-refractivity contribution in [3.8, 4) is 0 Å². The molecule has 0 bridgehead atoms. The van der Waals surface area contributed by atoms with E-state index in [0.717, 1.165) is 26.1 Å². The lowest BCUT2D eigenvalue weighted by Gasteiger charge is -2.23. The minimum atomic E-state index is -0.0464. The van der Waals surface area contributed by atoms with Gasteiger partial charge < -0.3 is 10.6 Å². The number of nitrogens with one attached hydrogen (secondary N) is 2. The summed E-state index contributed by atoms with van der Waals surface area (Å²) in [7, 11) is 3.88. The molecule has 4 nitrogen and oxygen atoms in total. The lowest BCUT2D eigenvalue weighted by atomic mass is 10.2. The van der Waals surface area contributed by atoms with Crippen LogP contribution in [0, 0.1) is 0 Å². The fourth-order valence-corrected chi connectivity index (χ4v) is 1.08. The molecule has 0 aromatic carbocycles. The third kappa shape index (κ3) is 5.19. The van der Waals surface area contributed by atoms with Crippen LogP contribution in [0.15, 0.2) is 0 Å². The van der Waals surface area contributed by atoms with Crippen molar-refractivity contribution >= 4 is 5.91 Å². The molecule has 0 aliphatic rings. The van der Waals surface area contributed by atoms with E-state index in [1.54, 1.807) is 0 Å². The van der Waals surface area contributed by atoms with E-state index in [-0.39, 0.29) is 11.9 Å². The second-order valence-corrected chi connectivity index (χ2v) is 3.55. The van der Waals surface area contributed by atoms with Crippen molar-refractivity contribution < 1.29 is 4.79 Å². The molecule has 84 valence electrons. The molecule has 0 saturated heterocycles. The van der Waals surface area contributed by atoms with Gasteiger partial charge in [0.05, 0.1) is 6.04 Å². The SMILES string of the molecule is CCCNC(=O)C(C)N(C)CCNC. The van der Waals surface area contributed by atoms with Gasteiger partial charge in [-0.1, -0.05) is 6.92 Å². The molecule has 0 fully saturated rings. The molecule has 0 spiro atoms. The monoisotopic (exact) mass is 201 g/mol. The molecule has 0 saturated carbocycles. The average molecular weight is 201 g/mol. The number of hydrogen-bond acceptors (Lipinski definition) is 3. The van der Waals surface area contributed by atoms with E-state index in [9.17, 15) is 4.79 Å². The van der Waals surface area contributed by atoms with Gasteiger partial charge in [0.15, 0.2) is 0 Å². The molecule has 4 heteroatoms. The van der Waals surface area contributed by atoms with E-state index in [1.807, 2.05) is 25.9 Å². The number of carbonyl (C=O) groups is 1. The predicted octanol–water partition coefficient (Wildman–Crippen LogP) is 0.0523. The van der Waals surface area contributed by atoms with Gasteiger partial charge in [-0.2, -0.15) is 0 Å². The zero-order chi connectivity index (χ0) is 11.0. The van der Waals surface area contributed by atoms with Gasteiger partial charge in [-0.25, -0.2) is 0 Å². The van der Waals surface area contributed by atoms with E-state index in [1.165, 1.54) is 0 Å². The molecule has 0 aromatic rings. The Bertz CT molecular complexity index is 161. The molecule has 0 aromatic heterocycles. The Kier molecular flexibility index (Phi) is 7.42. The molecule has 0 aliphatic carbocycles. The summed E-state index contributed by atoms with van der Waals surface area (Å²) in [6, 6.07) is -0.0464. The minimum absolute atomic E-state index is 0.0464. The maximum atomic E-state index is 11.5. The Morgan fingerprint density at radius 2 is 2.07 bits per heavy atom. The van der Waals surface area contributed by atoms with Crippen molar-refractivity contribution in [2.45, 2.75) is 26.3 Å². The number of carbonyl (C=O) groups excluding carboxylic acids is 1. The molecule has 2 N–H and O–H groups in total. The Morgan fingerprint density at radius 3 is 2.57 bits per heavy atom. The summed E-state index contributed by atoms with van der Waals surface area (Å²) in [5.74, 6) is 0.116. The Balaban J connectivity index is 3.78. The number of hydrogen-bond donors (Lipinski definition) is 2. The summed E-state index contributed by atoms with van der Waals surface area (Å²) in [6.07, 6.45) is 0.985. The highest BCUT2D eigenvalue weighted by Crippen LogP contribution is 1.94. The lowest BCUT2D eigenvalue weighted by Crippen LogP contribution is -2.45. The number of amides is 1. The topological polar surface area (TPSA) is 44.4 Å². The Morgan fingerprint density at radius 1 is 1.43 bits per heavy atom. The second kappa shape index (κ2) is 7.76. The normalized spacial score (nSPS) is 12.9. The molecular weight excluding hydrogens is 178 g/mol. The van der Waals surface area contributed by atoms with E-state index in [2.05, 4.69) is 17.6 Å². The summed E-state index contributed by atoms with van der Waals surface area (Å²) in [4.78, 5) is 13.6. The van der Waals surface area contributed by atoms with Crippen LogP contribution in [0.5, 0.6) is 0 Å². The molecule has 0 rings (SSSR count). The summed E-state index contributed by atoms with van der Waals surface area (Å²) in [5.41, 5.74) is 0. The van der Waals surface area contributed by atoms with Crippen molar-refractivity contribution in [2.24, 2.45) is 0 Å². The Labute approximate surface area is 87.0 Å². The van der Waals surface area contributed by atoms with Crippen LogP contribution in [0.4, 0.5) is 0 Å². The third-order valence-electron chi connectivity index (χ3n) is 2.30. The van der Waals surface area contributed by atoms with Gasteiger partial charge >= 0.3 is 0 Å². The third-order valence-corrected chi connectivity index (χ3v) is 2.30. The number of rotatable bonds is 7. The largest absolute Gasteiger partial charge is 0.355 e. The lowest BCUT2D eigenvalue weighted by molar-refractivity contribution is -0.125. The van der Waals surface area contributed by atoms with Crippen molar-refractivity contribution in [3.05, 3.63) is 0 Å². The maximum absolute atomic E-state index is 11.5. The van der Waals surface area contributed by atoms with Crippen molar-refractivity contribution in [2.75, 3.05) is 33.7 Å². The summed E-state index contributed by atoms with van der Waals surface area (Å²) >= 11 is 0. The highest BCUT2D eigenvalue weighted by Gasteiger charge is 2.16. The quantitative estimate of drug-likeness (QED) is 0.612. The van der Waals surface area contributed by atoms with Gasteiger partial charge in [0, 0.05) is 19.6 Å². The fraction of sp³-hybridized carbons (Fsp3) is 0.900. The van der Waals surface area contributed by atoms with Crippen LogP contribution in [0.1, 0.15) is 20.3 Å². The maximum Gasteiger partial charge on any atom is 0.237 e. The molecule has 0 heterocycles. The van der Waals surface area contributed by atoms with Crippen LogP contribution in [-0.4, -0.2) is 50.6 Å². The van der Waals surface area contributed by atoms with Gasteiger partial charge in [-0.05, 0) is 27.4 Å². The Hall–Kier alpha value is -0.610. The summed E-state index contributed by atoms with van der Waals surface area (Å²) < 4.78 is 0. The van der Waals surface area contributed by atoms with E-state index in [4.69, 9.17) is 0 Å². The number of likely N-dealkylation sites (N-methyl/N-ethyl adjacent to an activating group) is 2. The van der Waals surface area contributed by atoms with Crippen molar-refractivity contribution in [1.82, 2.24) is 15.5 Å².